The van der Waals surface area contributed by atoms with Crippen LogP contribution in [0, 0.1) is 13.5 Å². The van der Waals surface area contributed by atoms with Gasteiger partial charge in [0.1, 0.15) is 13.5 Å². The molecule has 14 heteroatoms. The summed E-state index contributed by atoms with van der Waals surface area (Å²) in [6.07, 6.45) is 11.9. The van der Waals surface area contributed by atoms with E-state index in [-0.39, 0.29) is 21.7 Å². The third kappa shape index (κ3) is 21.8. The molecule has 0 aliphatic carbocycles. The van der Waals surface area contributed by atoms with Crippen molar-refractivity contribution >= 4 is 60.2 Å². The molecule has 0 aromatic heterocycles. The first-order chi connectivity index (χ1) is 29.3. The zero-order valence-corrected chi connectivity index (χ0v) is 43.5. The third-order valence-electron chi connectivity index (χ3n) is 10.8. The van der Waals surface area contributed by atoms with Crippen molar-refractivity contribution in [3.63, 3.8) is 0 Å². The number of carbonyl (C=O) groups excluding carboxylic acids is 1. The highest BCUT2D eigenvalue weighted by molar-refractivity contribution is 7.72. The van der Waals surface area contributed by atoms with Crippen molar-refractivity contribution in [3.8, 4) is 0 Å². The molecule has 3 aromatic carbocycles. The van der Waals surface area contributed by atoms with Gasteiger partial charge in [0.2, 0.25) is 16.3 Å². The normalized spacial score (nSPS) is 11.3. The molecule has 0 unspecified atom stereocenters. The number of unbranched alkanes of at least 4 members (excludes halogenated alkanes) is 3. The predicted octanol–water partition coefficient (Wildman–Crippen LogP) is 8.89. The largest absolute Gasteiger partial charge is 0.471 e. The average Bonchev–Trinajstić information content (AvgIpc) is 3.24. The van der Waals surface area contributed by atoms with Crippen LogP contribution in [0.1, 0.15) is 125 Å². The number of nitrogens with zero attached hydrogens (tertiary/aromatic N) is 6. The number of anilines is 3. The van der Waals surface area contributed by atoms with Gasteiger partial charge in [-0.25, -0.2) is 0 Å². The molecule has 0 amide bonds. The monoisotopic (exact) mass is 921 g/mol. The Hall–Kier alpha value is -2.75. The van der Waals surface area contributed by atoms with Crippen molar-refractivity contribution in [3.05, 3.63) is 61.9 Å². The Morgan fingerprint density at radius 3 is 1.27 bits per heavy atom. The maximum atomic E-state index is 12.0. The van der Waals surface area contributed by atoms with Gasteiger partial charge in [-0.05, 0) is 129 Å². The summed E-state index contributed by atoms with van der Waals surface area (Å²) in [5.74, 6) is 0. The molecule has 0 bridgehead atoms. The first kappa shape index (κ1) is 59.2. The fourth-order valence-corrected chi connectivity index (χ4v) is 8.18. The van der Waals surface area contributed by atoms with E-state index >= 15 is 0 Å². The summed E-state index contributed by atoms with van der Waals surface area (Å²) in [5.41, 5.74) is 3.76. The van der Waals surface area contributed by atoms with Crippen molar-refractivity contribution < 1.29 is 9.53 Å². The minimum atomic E-state index is -0.122. The summed E-state index contributed by atoms with van der Waals surface area (Å²) in [5, 5.41) is 0. The van der Waals surface area contributed by atoms with Crippen LogP contribution in [0.15, 0.2) is 26.5 Å². The van der Waals surface area contributed by atoms with Crippen molar-refractivity contribution in [2.24, 2.45) is 0 Å². The van der Waals surface area contributed by atoms with Gasteiger partial charge in [-0.1, -0.05) is 92.0 Å². The van der Waals surface area contributed by atoms with E-state index in [0.29, 0.717) is 20.0 Å². The molecular formula is C48H84N6O5S3. The summed E-state index contributed by atoms with van der Waals surface area (Å²) < 4.78 is 5.38. The molecule has 354 valence electrons. The van der Waals surface area contributed by atoms with Gasteiger partial charge in [0, 0.05) is 58.5 Å². The Labute approximate surface area is 391 Å². The SMILES string of the molecule is CCCN(C)CCCCN(C)c1cc(=O)c1=S.CCCN(CC)CCCCN(C)c1c(C(C)(C)C)c(=O)c1=S.CCCN(CCC)CCCCN(C)c1cc(=O)c1=S.COC=O. The van der Waals surface area contributed by atoms with Crippen LogP contribution < -0.4 is 31.0 Å². The predicted molar refractivity (Wildman–Crippen MR) is 274 cm³/mol. The van der Waals surface area contributed by atoms with Gasteiger partial charge in [-0.3, -0.25) is 19.2 Å². The molecule has 0 atom stereocenters. The quantitative estimate of drug-likeness (QED) is 0.0394. The van der Waals surface area contributed by atoms with E-state index in [4.69, 9.17) is 41.4 Å². The van der Waals surface area contributed by atoms with Crippen LogP contribution in [0.2, 0.25) is 0 Å². The fourth-order valence-electron chi connectivity index (χ4n) is 7.27. The minimum Gasteiger partial charge on any atom is -0.471 e. The second-order valence-electron chi connectivity index (χ2n) is 17.4. The van der Waals surface area contributed by atoms with E-state index in [0.717, 1.165) is 81.2 Å². The lowest BCUT2D eigenvalue weighted by atomic mass is 9.82. The number of methoxy groups -OCH3 is 1. The van der Waals surface area contributed by atoms with E-state index in [1.807, 2.05) is 14.1 Å². The Morgan fingerprint density at radius 2 is 0.919 bits per heavy atom. The van der Waals surface area contributed by atoms with Crippen molar-refractivity contribution in [2.45, 2.75) is 125 Å². The van der Waals surface area contributed by atoms with E-state index in [2.05, 4.69) is 104 Å². The van der Waals surface area contributed by atoms with Gasteiger partial charge in [0.05, 0.1) is 24.2 Å². The zero-order valence-electron chi connectivity index (χ0n) is 41.0. The summed E-state index contributed by atoms with van der Waals surface area (Å²) in [6.45, 7) is 30.0. The number of rotatable bonds is 28. The molecule has 0 saturated heterocycles. The number of ether oxygens (including phenoxy) is 1. The molecule has 3 rings (SSSR count). The van der Waals surface area contributed by atoms with Gasteiger partial charge in [0.25, 0.3) is 6.47 Å². The molecule has 0 heterocycles. The molecule has 0 radical (unpaired) electrons. The van der Waals surface area contributed by atoms with Gasteiger partial charge < -0.3 is 34.1 Å². The van der Waals surface area contributed by atoms with Crippen LogP contribution in [-0.2, 0) is 14.9 Å². The fraction of sp³-hybridized carbons (Fsp3) is 0.729. The maximum absolute atomic E-state index is 12.0. The molecular weight excluding hydrogens is 837 g/mol. The summed E-state index contributed by atoms with van der Waals surface area (Å²) in [7, 11) is 9.55. The molecule has 0 saturated carbocycles. The lowest BCUT2D eigenvalue weighted by Crippen LogP contribution is -2.35. The molecule has 0 aliphatic heterocycles. The first-order valence-corrected chi connectivity index (χ1v) is 24.2. The average molecular weight is 921 g/mol. The number of carbonyl (C=O) groups is 1. The topological polar surface area (TPSA) is 97.0 Å². The molecule has 0 spiro atoms. The lowest BCUT2D eigenvalue weighted by molar-refractivity contribution is -0.126. The Bertz CT molecular complexity index is 1860. The van der Waals surface area contributed by atoms with Gasteiger partial charge in [-0.2, -0.15) is 0 Å². The van der Waals surface area contributed by atoms with Gasteiger partial charge in [0.15, 0.2) is 0 Å². The highest BCUT2D eigenvalue weighted by Gasteiger charge is 2.30. The Morgan fingerprint density at radius 1 is 0.548 bits per heavy atom. The van der Waals surface area contributed by atoms with E-state index < -0.39 is 0 Å². The molecule has 11 nitrogen and oxygen atoms in total. The smallest absolute Gasteiger partial charge is 0.292 e. The summed E-state index contributed by atoms with van der Waals surface area (Å²) in [6, 6.07) is 3.27. The Kier molecular flexibility index (Phi) is 31.4. The van der Waals surface area contributed by atoms with Crippen LogP contribution in [0.25, 0.3) is 0 Å². The molecule has 0 fully saturated rings. The second-order valence-corrected chi connectivity index (χ2v) is 18.6. The molecule has 62 heavy (non-hydrogen) atoms. The number of hydrogen-bond donors (Lipinski definition) is 0. The van der Waals surface area contributed by atoms with Crippen LogP contribution in [-0.4, -0.2) is 128 Å². The first-order valence-electron chi connectivity index (χ1n) is 23.0. The lowest BCUT2D eigenvalue weighted by Gasteiger charge is -2.31. The minimum absolute atomic E-state index is 0.00419. The highest BCUT2D eigenvalue weighted by atomic mass is 32.1. The van der Waals surface area contributed by atoms with E-state index in [9.17, 15) is 14.4 Å². The highest BCUT2D eigenvalue weighted by Crippen LogP contribution is 2.32. The molecule has 0 aliphatic rings. The maximum Gasteiger partial charge on any atom is 0.292 e. The van der Waals surface area contributed by atoms with Gasteiger partial charge >= 0.3 is 0 Å². The van der Waals surface area contributed by atoms with Gasteiger partial charge in [-0.15, -0.1) is 0 Å². The summed E-state index contributed by atoms with van der Waals surface area (Å²) >= 11 is 15.3. The molecule has 3 aromatic rings. The van der Waals surface area contributed by atoms with Crippen molar-refractivity contribution in [1.29, 1.82) is 0 Å². The van der Waals surface area contributed by atoms with Crippen LogP contribution in [0.3, 0.4) is 0 Å². The second kappa shape index (κ2) is 32.8. The van der Waals surface area contributed by atoms with Crippen molar-refractivity contribution in [2.75, 3.05) is 122 Å². The summed E-state index contributed by atoms with van der Waals surface area (Å²) in [4.78, 5) is 56.8. The Balaban J connectivity index is 0.000000867. The zero-order chi connectivity index (χ0) is 47.4. The van der Waals surface area contributed by atoms with E-state index in [1.54, 1.807) is 12.1 Å². The molecule has 0 N–H and O–H groups in total. The number of hydrogen-bond acceptors (Lipinski definition) is 14. The van der Waals surface area contributed by atoms with Crippen LogP contribution >= 0.6 is 36.7 Å². The van der Waals surface area contributed by atoms with E-state index in [1.165, 1.54) is 84.8 Å². The van der Waals surface area contributed by atoms with Crippen LogP contribution in [0.4, 0.5) is 17.1 Å². The standard InChI is InChI=1S/C18H32N2OS.C15H26N2OS.C13H22N2OS.C2H4O2/c1-7-11-20(8-2)13-10-9-12-19(6)15-14(18(3,4)5)16(21)17(15)22;1-4-8-17(9-5-2)11-7-6-10-16(3)13-12-14(18)15(13)19;1-4-7-14(2)8-5-6-9-15(3)11-10-12(16)13(11)17;1-4-2-3/h7-13H2,1-6H3;12H,4-11H2,1-3H3;10H,4-9H2,1-3H3;2H,1H3. The van der Waals surface area contributed by atoms with Crippen molar-refractivity contribution in [1.82, 2.24) is 14.7 Å². The van der Waals surface area contributed by atoms with Crippen LogP contribution in [0.5, 0.6) is 0 Å². The third-order valence-corrected chi connectivity index (χ3v) is 12.0.